The molecule has 0 spiro atoms. The Morgan fingerprint density at radius 3 is 2.50 bits per heavy atom. The van der Waals surface area contributed by atoms with Crippen molar-refractivity contribution in [1.82, 2.24) is 0 Å². The molecule has 0 amide bonds. The molecule has 3 nitrogen and oxygen atoms in total. The maximum atomic E-state index is 10.5. The summed E-state index contributed by atoms with van der Waals surface area (Å²) in [6.07, 6.45) is -1.58. The second-order valence-corrected chi connectivity index (χ2v) is 3.93. The summed E-state index contributed by atoms with van der Waals surface area (Å²) in [5.41, 5.74) is 0. The normalized spacial score (nSPS) is 15.7. The molecule has 0 bridgehead atoms. The molecule has 2 atom stereocenters. The van der Waals surface area contributed by atoms with Crippen LogP contribution in [0.25, 0.3) is 0 Å². The predicted octanol–water partition coefficient (Wildman–Crippen LogP) is -0.0398. The van der Waals surface area contributed by atoms with E-state index in [1.165, 1.54) is 18.7 Å². The third-order valence-electron chi connectivity index (χ3n) is 1.23. The van der Waals surface area contributed by atoms with Crippen molar-refractivity contribution in [1.29, 1.82) is 0 Å². The molecule has 0 aliphatic carbocycles. The average molecular weight is 210 g/mol. The van der Waals surface area contributed by atoms with Crippen molar-refractivity contribution in [3.63, 3.8) is 0 Å². The third-order valence-corrected chi connectivity index (χ3v) is 2.79. The van der Waals surface area contributed by atoms with Crippen molar-refractivity contribution in [3.05, 3.63) is 0 Å². The highest BCUT2D eigenvalue weighted by Crippen LogP contribution is 2.06. The minimum atomic E-state index is -0.798. The van der Waals surface area contributed by atoms with Gasteiger partial charge in [-0.05, 0) is 6.92 Å². The fourth-order valence-corrected chi connectivity index (χ4v) is 1.67. The second-order valence-electron chi connectivity index (χ2n) is 2.53. The minimum absolute atomic E-state index is 0.0764. The topological polar surface area (TPSA) is 57.5 Å². The number of thioether (sulfide) groups is 1. The molecule has 0 rings (SSSR count). The van der Waals surface area contributed by atoms with Crippen LogP contribution in [0.15, 0.2) is 0 Å². The lowest BCUT2D eigenvalue weighted by Crippen LogP contribution is -2.29. The summed E-state index contributed by atoms with van der Waals surface area (Å²) >= 11 is 5.15. The Bertz CT molecular complexity index is 141. The summed E-state index contributed by atoms with van der Waals surface area (Å²) in [6.45, 7) is 1.49. The van der Waals surface area contributed by atoms with E-state index < -0.39 is 12.2 Å². The minimum Gasteiger partial charge on any atom is -0.390 e. The first-order valence-corrected chi connectivity index (χ1v) is 5.40. The van der Waals surface area contributed by atoms with E-state index in [4.69, 9.17) is 5.11 Å². The van der Waals surface area contributed by atoms with Crippen molar-refractivity contribution in [2.45, 2.75) is 19.1 Å². The van der Waals surface area contributed by atoms with Crippen molar-refractivity contribution < 1.29 is 15.0 Å². The number of carbonyl (C=O) groups excluding carboxylic acids is 1. The molecule has 0 aliphatic rings. The molecule has 12 heavy (non-hydrogen) atoms. The molecule has 0 saturated heterocycles. The van der Waals surface area contributed by atoms with Gasteiger partial charge in [0.25, 0.3) is 0 Å². The maximum Gasteiger partial charge on any atom is 0.139 e. The van der Waals surface area contributed by atoms with Crippen LogP contribution in [0.5, 0.6) is 0 Å². The third kappa shape index (κ3) is 5.88. The first kappa shape index (κ1) is 12.3. The summed E-state index contributed by atoms with van der Waals surface area (Å²) in [5, 5.41) is 18.3. The Hall–Kier alpha value is 0.290. The highest BCUT2D eigenvalue weighted by molar-refractivity contribution is 8.00. The lowest BCUT2D eigenvalue weighted by Gasteiger charge is -2.14. The summed E-state index contributed by atoms with van der Waals surface area (Å²) in [5.74, 6) is 1.08. The van der Waals surface area contributed by atoms with Crippen molar-refractivity contribution in [3.8, 4) is 0 Å². The number of ketones is 1. The van der Waals surface area contributed by atoms with Crippen LogP contribution >= 0.6 is 24.4 Å². The lowest BCUT2D eigenvalue weighted by atomic mass is 10.3. The van der Waals surface area contributed by atoms with Gasteiger partial charge >= 0.3 is 0 Å². The van der Waals surface area contributed by atoms with Crippen molar-refractivity contribution >= 4 is 30.2 Å². The monoisotopic (exact) mass is 210 g/mol. The number of aliphatic hydroxyl groups excluding tert-OH is 2. The summed E-state index contributed by atoms with van der Waals surface area (Å²) in [7, 11) is 0. The predicted molar refractivity (Wildman–Crippen MR) is 53.9 cm³/mol. The highest BCUT2D eigenvalue weighted by atomic mass is 32.2. The van der Waals surface area contributed by atoms with E-state index in [9.17, 15) is 9.90 Å². The van der Waals surface area contributed by atoms with E-state index in [0.717, 1.165) is 0 Å². The Morgan fingerprint density at radius 1 is 1.50 bits per heavy atom. The van der Waals surface area contributed by atoms with Crippen LogP contribution in [0.1, 0.15) is 6.92 Å². The fraction of sp³-hybridized carbons (Fsp3) is 0.857. The molecule has 2 N–H and O–H groups in total. The summed E-state index contributed by atoms with van der Waals surface area (Å²) in [4.78, 5) is 10.5. The number of hydrogen-bond donors (Lipinski definition) is 3. The van der Waals surface area contributed by atoms with E-state index in [2.05, 4.69) is 12.6 Å². The average Bonchev–Trinajstić information content (AvgIpc) is 2.02. The zero-order valence-electron chi connectivity index (χ0n) is 6.93. The van der Waals surface area contributed by atoms with Crippen LogP contribution in [0.3, 0.4) is 0 Å². The van der Waals surface area contributed by atoms with E-state index in [1.807, 2.05) is 0 Å². The van der Waals surface area contributed by atoms with E-state index in [-0.39, 0.29) is 11.5 Å². The SMILES string of the molecule is CC(=O)CSCC(O)C(O)CS. The van der Waals surface area contributed by atoms with Crippen LogP contribution in [-0.2, 0) is 4.79 Å². The molecule has 0 radical (unpaired) electrons. The molecule has 0 aromatic rings. The van der Waals surface area contributed by atoms with Crippen LogP contribution < -0.4 is 0 Å². The smallest absolute Gasteiger partial charge is 0.139 e. The molecule has 0 heterocycles. The Kier molecular flexibility index (Phi) is 6.93. The van der Waals surface area contributed by atoms with Crippen LogP contribution in [0.2, 0.25) is 0 Å². The quantitative estimate of drug-likeness (QED) is 0.538. The zero-order valence-corrected chi connectivity index (χ0v) is 8.65. The van der Waals surface area contributed by atoms with E-state index in [1.54, 1.807) is 0 Å². The van der Waals surface area contributed by atoms with Gasteiger partial charge in [-0.2, -0.15) is 24.4 Å². The Morgan fingerprint density at radius 2 is 2.08 bits per heavy atom. The Labute approximate surface area is 82.0 Å². The number of aliphatic hydroxyl groups is 2. The van der Waals surface area contributed by atoms with Crippen molar-refractivity contribution in [2.75, 3.05) is 17.3 Å². The molecule has 0 aliphatic heterocycles. The van der Waals surface area contributed by atoms with Crippen LogP contribution in [0.4, 0.5) is 0 Å². The van der Waals surface area contributed by atoms with E-state index >= 15 is 0 Å². The number of carbonyl (C=O) groups is 1. The second kappa shape index (κ2) is 6.77. The van der Waals surface area contributed by atoms with Gasteiger partial charge in [0, 0.05) is 11.5 Å². The van der Waals surface area contributed by atoms with Gasteiger partial charge in [0.15, 0.2) is 0 Å². The van der Waals surface area contributed by atoms with Gasteiger partial charge in [-0.1, -0.05) is 0 Å². The first-order chi connectivity index (χ1) is 5.57. The van der Waals surface area contributed by atoms with Gasteiger partial charge in [-0.15, -0.1) is 0 Å². The van der Waals surface area contributed by atoms with Gasteiger partial charge in [0.05, 0.1) is 18.0 Å². The molecule has 2 unspecified atom stereocenters. The van der Waals surface area contributed by atoms with E-state index in [0.29, 0.717) is 11.5 Å². The lowest BCUT2D eigenvalue weighted by molar-refractivity contribution is -0.114. The number of hydrogen-bond acceptors (Lipinski definition) is 5. The molecule has 0 saturated carbocycles. The largest absolute Gasteiger partial charge is 0.390 e. The Balaban J connectivity index is 3.43. The number of rotatable bonds is 6. The van der Waals surface area contributed by atoms with Gasteiger partial charge in [-0.3, -0.25) is 4.79 Å². The van der Waals surface area contributed by atoms with Crippen molar-refractivity contribution in [2.24, 2.45) is 0 Å². The van der Waals surface area contributed by atoms with Crippen LogP contribution in [-0.4, -0.2) is 45.5 Å². The molecule has 5 heteroatoms. The maximum absolute atomic E-state index is 10.5. The molecule has 0 aromatic carbocycles. The molecular weight excluding hydrogens is 196 g/mol. The highest BCUT2D eigenvalue weighted by Gasteiger charge is 2.14. The van der Waals surface area contributed by atoms with Gasteiger partial charge in [0.2, 0.25) is 0 Å². The standard InChI is InChI=1S/C7H14O3S2/c1-5(8)3-12-4-7(10)6(9)2-11/h6-7,9-11H,2-4H2,1H3. The molecule has 0 fully saturated rings. The van der Waals surface area contributed by atoms with Gasteiger partial charge in [0.1, 0.15) is 5.78 Å². The molecule has 72 valence electrons. The zero-order chi connectivity index (χ0) is 9.56. The summed E-state index contributed by atoms with van der Waals surface area (Å²) in [6, 6.07) is 0. The van der Waals surface area contributed by atoms with Crippen LogP contribution in [0, 0.1) is 0 Å². The fourth-order valence-electron chi connectivity index (χ4n) is 0.556. The van der Waals surface area contributed by atoms with Gasteiger partial charge in [-0.25, -0.2) is 0 Å². The summed E-state index contributed by atoms with van der Waals surface area (Å²) < 4.78 is 0. The number of Topliss-reactive ketones (excluding diaryl/α,β-unsaturated/α-hetero) is 1. The van der Waals surface area contributed by atoms with Gasteiger partial charge < -0.3 is 10.2 Å². The number of thiol groups is 1. The first-order valence-electron chi connectivity index (χ1n) is 3.62. The molecule has 0 aromatic heterocycles. The molecular formula is C7H14O3S2.